The largest absolute Gasteiger partial charge is 0.327 e. The average Bonchev–Trinajstić information content (AvgIpc) is 2.38. The van der Waals surface area contributed by atoms with E-state index in [2.05, 4.69) is 15.9 Å². The highest BCUT2D eigenvalue weighted by atomic mass is 79.9. The molecule has 106 valence electrons. The summed E-state index contributed by atoms with van der Waals surface area (Å²) in [6.45, 7) is 0. The van der Waals surface area contributed by atoms with Crippen LogP contribution in [0.25, 0.3) is 0 Å². The maximum absolute atomic E-state index is 13.2. The Hall–Kier alpha value is -0.610. The Labute approximate surface area is 136 Å². The van der Waals surface area contributed by atoms with Crippen LogP contribution in [0.5, 0.6) is 0 Å². The Morgan fingerprint density at radius 2 is 1.75 bits per heavy atom. The normalized spacial score (nSPS) is 12.4. The molecule has 0 heterocycles. The fourth-order valence-corrected chi connectivity index (χ4v) is 3.01. The minimum absolute atomic E-state index is 0.134. The lowest BCUT2D eigenvalue weighted by molar-refractivity contribution is 0.617. The fraction of sp³-hybridized carbons (Fsp3) is 0.200. The van der Waals surface area contributed by atoms with Crippen molar-refractivity contribution in [1.29, 1.82) is 0 Å². The molecule has 2 aromatic carbocycles. The summed E-state index contributed by atoms with van der Waals surface area (Å²) in [7, 11) is 0. The first-order valence-corrected chi connectivity index (χ1v) is 7.64. The van der Waals surface area contributed by atoms with Crippen LogP contribution in [0.3, 0.4) is 0 Å². The lowest BCUT2D eigenvalue weighted by atomic mass is 9.99. The summed E-state index contributed by atoms with van der Waals surface area (Å²) in [5, 5.41) is 1.24. The Bertz CT molecular complexity index is 599. The predicted molar refractivity (Wildman–Crippen MR) is 85.9 cm³/mol. The maximum Gasteiger partial charge on any atom is 0.137 e. The molecule has 0 amide bonds. The monoisotopic (exact) mass is 375 g/mol. The molecule has 1 nitrogen and oxygen atoms in total. The Kier molecular flexibility index (Phi) is 5.44. The Balaban J connectivity index is 2.09. The van der Waals surface area contributed by atoms with Gasteiger partial charge in [-0.2, -0.15) is 0 Å². The summed E-state index contributed by atoms with van der Waals surface area (Å²) in [4.78, 5) is 0. The molecular formula is C15H13BrCl2FN. The van der Waals surface area contributed by atoms with E-state index in [1.165, 1.54) is 6.07 Å². The second-order valence-corrected chi connectivity index (χ2v) is 6.29. The third kappa shape index (κ3) is 3.95. The van der Waals surface area contributed by atoms with Crippen LogP contribution in [0, 0.1) is 5.82 Å². The van der Waals surface area contributed by atoms with Crippen molar-refractivity contribution in [1.82, 2.24) is 0 Å². The second kappa shape index (κ2) is 6.90. The first-order chi connectivity index (χ1) is 9.47. The zero-order valence-electron chi connectivity index (χ0n) is 10.5. The summed E-state index contributed by atoms with van der Waals surface area (Å²) in [6.07, 6.45) is 1.20. The Morgan fingerprint density at radius 3 is 2.35 bits per heavy atom. The zero-order valence-corrected chi connectivity index (χ0v) is 13.6. The second-order valence-electron chi connectivity index (χ2n) is 4.62. The molecule has 0 aromatic heterocycles. The molecule has 0 fully saturated rings. The molecule has 2 N–H and O–H groups in total. The summed E-state index contributed by atoms with van der Waals surface area (Å²) >= 11 is 15.4. The van der Waals surface area contributed by atoms with E-state index in [4.69, 9.17) is 28.9 Å². The third-order valence-electron chi connectivity index (χ3n) is 3.01. The van der Waals surface area contributed by atoms with Gasteiger partial charge in [0.25, 0.3) is 0 Å². The van der Waals surface area contributed by atoms with Crippen molar-refractivity contribution in [2.45, 2.75) is 18.9 Å². The average molecular weight is 377 g/mol. The number of halogens is 4. The minimum atomic E-state index is -0.281. The summed E-state index contributed by atoms with van der Waals surface area (Å²) in [5.41, 5.74) is 7.96. The molecular weight excluding hydrogens is 364 g/mol. The molecule has 0 aliphatic carbocycles. The molecule has 2 aromatic rings. The van der Waals surface area contributed by atoms with E-state index in [-0.39, 0.29) is 11.9 Å². The lowest BCUT2D eigenvalue weighted by Gasteiger charge is -2.14. The van der Waals surface area contributed by atoms with Crippen molar-refractivity contribution in [3.8, 4) is 0 Å². The summed E-state index contributed by atoms with van der Waals surface area (Å²) < 4.78 is 13.6. The van der Waals surface area contributed by atoms with Gasteiger partial charge in [-0.3, -0.25) is 0 Å². The van der Waals surface area contributed by atoms with Gasteiger partial charge in [-0.1, -0.05) is 35.3 Å². The van der Waals surface area contributed by atoms with Crippen LogP contribution < -0.4 is 5.73 Å². The van der Waals surface area contributed by atoms with Crippen LogP contribution >= 0.6 is 39.1 Å². The first-order valence-electron chi connectivity index (χ1n) is 6.09. The van der Waals surface area contributed by atoms with Crippen molar-refractivity contribution in [3.05, 3.63) is 67.9 Å². The number of hydrogen-bond donors (Lipinski definition) is 1. The molecule has 5 heteroatoms. The van der Waals surface area contributed by atoms with E-state index >= 15 is 0 Å². The van der Waals surface area contributed by atoms with E-state index in [1.54, 1.807) is 30.3 Å². The van der Waals surface area contributed by atoms with Crippen LogP contribution in [0.1, 0.15) is 11.1 Å². The van der Waals surface area contributed by atoms with Crippen molar-refractivity contribution in [3.63, 3.8) is 0 Å². The van der Waals surface area contributed by atoms with Crippen molar-refractivity contribution < 1.29 is 4.39 Å². The van der Waals surface area contributed by atoms with Crippen LogP contribution in [0.4, 0.5) is 4.39 Å². The zero-order chi connectivity index (χ0) is 14.7. The molecule has 2 rings (SSSR count). The van der Waals surface area contributed by atoms with E-state index in [9.17, 15) is 4.39 Å². The van der Waals surface area contributed by atoms with Gasteiger partial charge in [-0.25, -0.2) is 4.39 Å². The smallest absolute Gasteiger partial charge is 0.137 e. The molecule has 0 saturated heterocycles. The number of benzene rings is 2. The number of hydrogen-bond acceptors (Lipinski definition) is 1. The van der Waals surface area contributed by atoms with E-state index in [0.717, 1.165) is 11.1 Å². The van der Waals surface area contributed by atoms with Gasteiger partial charge in [0.2, 0.25) is 0 Å². The van der Waals surface area contributed by atoms with E-state index < -0.39 is 0 Å². The first kappa shape index (κ1) is 15.8. The SMILES string of the molecule is NC(Cc1ccc(F)c(Br)c1)Cc1c(Cl)cccc1Cl. The van der Waals surface area contributed by atoms with E-state index in [0.29, 0.717) is 27.4 Å². The maximum atomic E-state index is 13.2. The predicted octanol–water partition coefficient (Wildman–Crippen LogP) is 5.01. The van der Waals surface area contributed by atoms with Crippen LogP contribution in [0.2, 0.25) is 10.0 Å². The highest BCUT2D eigenvalue weighted by Gasteiger charge is 2.12. The van der Waals surface area contributed by atoms with Gasteiger partial charge in [-0.05, 0) is 64.2 Å². The molecule has 0 aliphatic rings. The third-order valence-corrected chi connectivity index (χ3v) is 4.33. The van der Waals surface area contributed by atoms with Gasteiger partial charge in [-0.15, -0.1) is 0 Å². The van der Waals surface area contributed by atoms with Crippen molar-refractivity contribution in [2.24, 2.45) is 5.73 Å². The van der Waals surface area contributed by atoms with Gasteiger partial charge < -0.3 is 5.73 Å². The topological polar surface area (TPSA) is 26.0 Å². The van der Waals surface area contributed by atoms with Gasteiger partial charge in [0.15, 0.2) is 0 Å². The molecule has 0 bridgehead atoms. The van der Waals surface area contributed by atoms with Gasteiger partial charge in [0, 0.05) is 16.1 Å². The highest BCUT2D eigenvalue weighted by Crippen LogP contribution is 2.26. The highest BCUT2D eigenvalue weighted by molar-refractivity contribution is 9.10. The molecule has 1 atom stereocenters. The Morgan fingerprint density at radius 1 is 1.10 bits per heavy atom. The summed E-state index contributed by atoms with van der Waals surface area (Å²) in [5.74, 6) is -0.281. The molecule has 20 heavy (non-hydrogen) atoms. The fourth-order valence-electron chi connectivity index (χ4n) is 2.03. The number of nitrogens with two attached hydrogens (primary N) is 1. The summed E-state index contributed by atoms with van der Waals surface area (Å²) in [6, 6.07) is 10.2. The lowest BCUT2D eigenvalue weighted by Crippen LogP contribution is -2.25. The van der Waals surface area contributed by atoms with Crippen molar-refractivity contribution >= 4 is 39.1 Å². The quantitative estimate of drug-likeness (QED) is 0.797. The van der Waals surface area contributed by atoms with Gasteiger partial charge in [0.1, 0.15) is 5.82 Å². The molecule has 0 saturated carbocycles. The van der Waals surface area contributed by atoms with E-state index in [1.807, 2.05) is 0 Å². The van der Waals surface area contributed by atoms with Crippen LogP contribution in [0.15, 0.2) is 40.9 Å². The molecule has 0 aliphatic heterocycles. The minimum Gasteiger partial charge on any atom is -0.327 e. The van der Waals surface area contributed by atoms with Gasteiger partial charge in [0.05, 0.1) is 4.47 Å². The molecule has 0 radical (unpaired) electrons. The van der Waals surface area contributed by atoms with Crippen LogP contribution in [-0.2, 0) is 12.8 Å². The van der Waals surface area contributed by atoms with Crippen LogP contribution in [-0.4, -0.2) is 6.04 Å². The standard InChI is InChI=1S/C15H13BrCl2FN/c16-12-7-9(4-5-15(12)19)6-10(20)8-11-13(17)2-1-3-14(11)18/h1-5,7,10H,6,8,20H2. The van der Waals surface area contributed by atoms with Gasteiger partial charge >= 0.3 is 0 Å². The van der Waals surface area contributed by atoms with Crippen molar-refractivity contribution in [2.75, 3.05) is 0 Å². The number of rotatable bonds is 4. The molecule has 0 spiro atoms. The molecule has 1 unspecified atom stereocenters.